The molecule has 0 saturated heterocycles. The zero-order valence-corrected chi connectivity index (χ0v) is 51.9. The van der Waals surface area contributed by atoms with Gasteiger partial charge in [-0.3, -0.25) is 0 Å². The van der Waals surface area contributed by atoms with Gasteiger partial charge in [0.2, 0.25) is 0 Å². The average Bonchev–Trinajstić information content (AvgIpc) is 1.51. The molecule has 0 saturated carbocycles. The van der Waals surface area contributed by atoms with Crippen molar-refractivity contribution in [3.05, 3.63) is 386 Å². The van der Waals surface area contributed by atoms with E-state index >= 15 is 0 Å². The highest BCUT2D eigenvalue weighted by molar-refractivity contribution is 6.19. The second-order valence-electron chi connectivity index (χ2n) is 25.1. The zero-order valence-electron chi connectivity index (χ0n) is 51.9. The molecule has 0 fully saturated rings. The largest absolute Gasteiger partial charge is 0.310 e. The highest BCUT2D eigenvalue weighted by atomic mass is 15.2. The van der Waals surface area contributed by atoms with Crippen molar-refractivity contribution >= 4 is 77.7 Å². The van der Waals surface area contributed by atoms with Crippen molar-refractivity contribution in [1.82, 2.24) is 9.13 Å². The van der Waals surface area contributed by atoms with Crippen molar-refractivity contribution in [3.8, 4) is 67.0 Å². The summed E-state index contributed by atoms with van der Waals surface area (Å²) in [6.07, 6.45) is 0. The summed E-state index contributed by atoms with van der Waals surface area (Å²) in [5.74, 6) is 0. The lowest BCUT2D eigenvalue weighted by atomic mass is 9.70. The molecule has 0 bridgehead atoms. The molecule has 0 aliphatic heterocycles. The van der Waals surface area contributed by atoms with Gasteiger partial charge in [0.15, 0.2) is 0 Å². The maximum Gasteiger partial charge on any atom is 0.0725 e. The number of aromatic nitrogens is 2. The first-order valence-electron chi connectivity index (χ1n) is 32.8. The highest BCUT2D eigenvalue weighted by Gasteiger charge is 2.52. The van der Waals surface area contributed by atoms with Gasteiger partial charge in [-0.1, -0.05) is 261 Å². The van der Waals surface area contributed by atoms with E-state index in [0.29, 0.717) is 0 Å². The van der Waals surface area contributed by atoms with Crippen LogP contribution < -0.4 is 9.80 Å². The number of fused-ring (bicyclic) bond motifs is 16. The Morgan fingerprint density at radius 2 is 0.568 bits per heavy atom. The van der Waals surface area contributed by atoms with Crippen LogP contribution >= 0.6 is 0 Å². The standard InChI is InChI=1S/C91H60N4/c1-5-26-61(27-6-1)63-50-54-68(55-51-63)92(84-46-24-48-86-89(84)76-37-16-21-44-82(76)94(86)66-30-9-3-10-31-66)70-58-65(72-39-23-43-81-88(72)75-36-15-20-42-80(75)91(81)78-40-18-13-34-73(78)74-35-14-19-41-79(74)91)59-71(60-70)93(69-56-52-64(53-57-69)62-28-7-2-8-29-62)85-47-25-49-87-90(85)77-38-17-22-45-83(77)95(87)67-32-11-4-12-33-67/h1-60H. The number of anilines is 6. The second-order valence-corrected chi connectivity index (χ2v) is 25.1. The maximum absolute atomic E-state index is 2.53. The van der Waals surface area contributed by atoms with Gasteiger partial charge >= 0.3 is 0 Å². The van der Waals surface area contributed by atoms with Gasteiger partial charge in [-0.05, 0) is 181 Å². The number of benzene rings is 15. The second kappa shape index (κ2) is 21.8. The Balaban J connectivity index is 0.939. The monoisotopic (exact) mass is 1210 g/mol. The number of rotatable bonds is 11. The molecular weight excluding hydrogens is 1150 g/mol. The molecule has 19 rings (SSSR count). The van der Waals surface area contributed by atoms with Crippen molar-refractivity contribution < 1.29 is 0 Å². The van der Waals surface area contributed by atoms with Crippen LogP contribution in [0.15, 0.2) is 364 Å². The number of hydrogen-bond donors (Lipinski definition) is 0. The Morgan fingerprint density at radius 1 is 0.221 bits per heavy atom. The number of hydrogen-bond acceptors (Lipinski definition) is 2. The molecule has 0 amide bonds. The minimum atomic E-state index is -0.542. The summed E-state index contributed by atoms with van der Waals surface area (Å²) in [4.78, 5) is 5.07. The molecule has 444 valence electrons. The minimum absolute atomic E-state index is 0.542. The van der Waals surface area contributed by atoms with E-state index in [4.69, 9.17) is 0 Å². The molecule has 1 spiro atoms. The predicted octanol–water partition coefficient (Wildman–Crippen LogP) is 24.2. The molecule has 4 nitrogen and oxygen atoms in total. The van der Waals surface area contributed by atoms with Crippen molar-refractivity contribution in [2.24, 2.45) is 0 Å². The molecule has 4 heteroatoms. The van der Waals surface area contributed by atoms with Gasteiger partial charge in [-0.15, -0.1) is 0 Å². The minimum Gasteiger partial charge on any atom is -0.310 e. The van der Waals surface area contributed by atoms with Gasteiger partial charge in [0.25, 0.3) is 0 Å². The third kappa shape index (κ3) is 8.34. The van der Waals surface area contributed by atoms with Gasteiger partial charge in [0.05, 0.1) is 38.9 Å². The molecule has 95 heavy (non-hydrogen) atoms. The third-order valence-electron chi connectivity index (χ3n) is 20.1. The predicted molar refractivity (Wildman–Crippen MR) is 397 cm³/mol. The first-order valence-corrected chi connectivity index (χ1v) is 32.8. The van der Waals surface area contributed by atoms with Crippen LogP contribution in [0, 0.1) is 0 Å². The van der Waals surface area contributed by atoms with Crippen LogP contribution in [0.4, 0.5) is 34.1 Å². The number of nitrogens with zero attached hydrogens (tertiary/aromatic N) is 4. The highest BCUT2D eigenvalue weighted by Crippen LogP contribution is 2.64. The van der Waals surface area contributed by atoms with Crippen LogP contribution in [-0.4, -0.2) is 9.13 Å². The average molecular weight is 1210 g/mol. The molecule has 2 aliphatic carbocycles. The van der Waals surface area contributed by atoms with Crippen molar-refractivity contribution in [3.63, 3.8) is 0 Å². The first kappa shape index (κ1) is 54.3. The van der Waals surface area contributed by atoms with Crippen molar-refractivity contribution in [2.45, 2.75) is 5.41 Å². The van der Waals surface area contributed by atoms with Gasteiger partial charge in [0.1, 0.15) is 0 Å². The molecule has 0 unspecified atom stereocenters. The molecule has 0 N–H and O–H groups in total. The topological polar surface area (TPSA) is 16.3 Å². The van der Waals surface area contributed by atoms with Crippen LogP contribution in [0.5, 0.6) is 0 Å². The molecule has 0 atom stereocenters. The van der Waals surface area contributed by atoms with E-state index in [-0.39, 0.29) is 0 Å². The Kier molecular flexibility index (Phi) is 12.5. The van der Waals surface area contributed by atoms with Gasteiger partial charge < -0.3 is 18.9 Å². The first-order chi connectivity index (χ1) is 47.2. The summed E-state index contributed by atoms with van der Waals surface area (Å²) >= 11 is 0. The van der Waals surface area contributed by atoms with E-state index in [2.05, 4.69) is 383 Å². The summed E-state index contributed by atoms with van der Waals surface area (Å²) < 4.78 is 4.86. The lowest BCUT2D eigenvalue weighted by molar-refractivity contribution is 0.794. The third-order valence-corrected chi connectivity index (χ3v) is 20.1. The van der Waals surface area contributed by atoms with E-state index in [1.807, 2.05) is 0 Å². The normalized spacial score (nSPS) is 12.5. The van der Waals surface area contributed by atoms with Crippen molar-refractivity contribution in [2.75, 3.05) is 9.80 Å². The fraction of sp³-hybridized carbons (Fsp3) is 0.0110. The molecule has 15 aromatic carbocycles. The summed E-state index contributed by atoms with van der Waals surface area (Å²) in [6.45, 7) is 0. The van der Waals surface area contributed by atoms with E-state index in [1.165, 1.54) is 66.4 Å². The van der Waals surface area contributed by atoms with Crippen molar-refractivity contribution in [1.29, 1.82) is 0 Å². The zero-order chi connectivity index (χ0) is 62.6. The Labute approximate surface area is 552 Å². The quantitative estimate of drug-likeness (QED) is 0.128. The summed E-state index contributed by atoms with van der Waals surface area (Å²) in [5, 5.41) is 4.66. The van der Waals surface area contributed by atoms with E-state index < -0.39 is 5.41 Å². The molecule has 2 aliphatic rings. The molecule has 2 aromatic heterocycles. The summed E-state index contributed by atoms with van der Waals surface area (Å²) in [7, 11) is 0. The van der Waals surface area contributed by atoms with Gasteiger partial charge in [-0.25, -0.2) is 0 Å². The fourth-order valence-corrected chi connectivity index (χ4v) is 16.2. The summed E-state index contributed by atoms with van der Waals surface area (Å²) in [5.41, 5.74) is 29.6. The Bertz CT molecular complexity index is 5520. The number of para-hydroxylation sites is 4. The van der Waals surface area contributed by atoms with Crippen LogP contribution in [-0.2, 0) is 5.41 Å². The van der Waals surface area contributed by atoms with Gasteiger partial charge in [-0.2, -0.15) is 0 Å². The lowest BCUT2D eigenvalue weighted by Gasteiger charge is -2.32. The summed E-state index contributed by atoms with van der Waals surface area (Å²) in [6, 6.07) is 135. The SMILES string of the molecule is c1ccc(-c2ccc(N(c3cc(-c4cccc5c4-c4ccccc4C54c5ccccc5-c5ccccc54)cc(N(c4ccc(-c5ccccc5)cc4)c4cccc5c4c4ccccc4n5-c4ccccc4)c3)c3cccc4c3c3ccccc3n4-c3ccccc3)cc2)cc1. The van der Waals surface area contributed by atoms with Crippen LogP contribution in [0.25, 0.3) is 111 Å². The molecular formula is C91H60N4. The van der Waals surface area contributed by atoms with Crippen LogP contribution in [0.3, 0.4) is 0 Å². The lowest BCUT2D eigenvalue weighted by Crippen LogP contribution is -2.25. The van der Waals surface area contributed by atoms with Gasteiger partial charge in [0, 0.05) is 55.7 Å². The van der Waals surface area contributed by atoms with Crippen LogP contribution in [0.1, 0.15) is 22.3 Å². The molecule has 2 heterocycles. The van der Waals surface area contributed by atoms with Crippen LogP contribution in [0.2, 0.25) is 0 Å². The van der Waals surface area contributed by atoms with E-state index in [9.17, 15) is 0 Å². The Hall–Kier alpha value is -12.5. The fourth-order valence-electron chi connectivity index (χ4n) is 16.2. The maximum atomic E-state index is 2.53. The van der Waals surface area contributed by atoms with E-state index in [0.717, 1.165) is 101 Å². The van der Waals surface area contributed by atoms with E-state index in [1.54, 1.807) is 0 Å². The Morgan fingerprint density at radius 3 is 1.04 bits per heavy atom. The molecule has 0 radical (unpaired) electrons. The smallest absolute Gasteiger partial charge is 0.0725 e. The molecule has 17 aromatic rings.